The maximum atomic E-state index is 6.66. The van der Waals surface area contributed by atoms with Crippen LogP contribution in [0.1, 0.15) is 0 Å². The molecule has 0 spiro atoms. The van der Waals surface area contributed by atoms with Crippen LogP contribution in [0.5, 0.6) is 23.0 Å². The fourth-order valence-electron chi connectivity index (χ4n) is 8.29. The number of para-hydroxylation sites is 6. The van der Waals surface area contributed by atoms with Crippen LogP contribution in [-0.4, -0.2) is 30.5 Å². The minimum absolute atomic E-state index is 0.0387. The minimum atomic E-state index is -1.18. The first-order valence-electron chi connectivity index (χ1n) is 15.9. The molecule has 0 radical (unpaired) electrons. The summed E-state index contributed by atoms with van der Waals surface area (Å²) in [6, 6.07) is 41.0. The maximum Gasteiger partial charge on any atom is 0.252 e. The molecule has 7 heteroatoms. The second-order valence-electron chi connectivity index (χ2n) is 13.5. The lowest BCUT2D eigenvalue weighted by Gasteiger charge is -2.47. The summed E-state index contributed by atoms with van der Waals surface area (Å²) in [4.78, 5) is 10.6. The number of benzene rings is 6. The zero-order chi connectivity index (χ0) is 31.2. The van der Waals surface area contributed by atoms with Gasteiger partial charge in [-0.05, 0) is 83.0 Å². The van der Waals surface area contributed by atoms with Gasteiger partial charge >= 0.3 is 0 Å². The summed E-state index contributed by atoms with van der Waals surface area (Å²) in [6.45, 7) is -0.0387. The van der Waals surface area contributed by atoms with E-state index in [4.69, 9.17) is 14.5 Å². The normalized spacial score (nSPS) is 14.8. The average Bonchev–Trinajstić information content (AvgIpc) is 3.09. The highest BCUT2D eigenvalue weighted by Crippen LogP contribution is 2.58. The highest BCUT2D eigenvalue weighted by Gasteiger charge is 2.49. The van der Waals surface area contributed by atoms with Crippen LogP contribution in [0.25, 0.3) is 21.7 Å². The van der Waals surface area contributed by atoms with Crippen LogP contribution in [0.4, 0.5) is 34.1 Å². The molecule has 4 aliphatic heterocycles. The number of pyridine rings is 1. The van der Waals surface area contributed by atoms with Gasteiger partial charge in [-0.1, -0.05) is 72.8 Å². The zero-order valence-corrected chi connectivity index (χ0v) is 26.9. The van der Waals surface area contributed by atoms with Crippen LogP contribution >= 0.6 is 10.0 Å². The molecule has 0 aliphatic carbocycles. The van der Waals surface area contributed by atoms with Crippen molar-refractivity contribution in [3.63, 3.8) is 0 Å². The van der Waals surface area contributed by atoms with E-state index in [1.54, 1.807) is 0 Å². The van der Waals surface area contributed by atoms with Crippen LogP contribution in [-0.2, 0) is 0 Å². The summed E-state index contributed by atoms with van der Waals surface area (Å²) >= 11 is 0. The Labute approximate surface area is 274 Å². The number of hydrogen-bond donors (Lipinski definition) is 0. The van der Waals surface area contributed by atoms with Crippen molar-refractivity contribution >= 4 is 88.9 Å². The molecule has 0 saturated heterocycles. The van der Waals surface area contributed by atoms with Crippen LogP contribution in [0.15, 0.2) is 120 Å². The molecule has 6 aromatic carbocycles. The largest absolute Gasteiger partial charge is 0.453 e. The smallest absolute Gasteiger partial charge is 0.252 e. The quantitative estimate of drug-likeness (QED) is 0.135. The van der Waals surface area contributed by atoms with Crippen molar-refractivity contribution in [3.05, 3.63) is 115 Å². The standard InChI is InChI=1S/C40H28BN3O2S/c1-47(2,3)40-24-13-5-4-12-23(24)25-22-30-35-39(36(25)42-40)44-29-17-7-9-19-32(29)46-34-21-11-15-27(38(34)44)41(35)26-14-10-20-33-37(26)43(30)28-16-6-8-18-31(28)45-33/h4-22H,1-3H3. The van der Waals surface area contributed by atoms with Gasteiger partial charge < -0.3 is 19.3 Å². The Hall–Kier alpha value is -5.40. The molecule has 11 rings (SSSR count). The minimum Gasteiger partial charge on any atom is -0.453 e. The Bertz CT molecular complexity index is 2550. The molecule has 0 amide bonds. The van der Waals surface area contributed by atoms with E-state index in [2.05, 4.69) is 132 Å². The molecule has 0 saturated carbocycles. The lowest BCUT2D eigenvalue weighted by Crippen LogP contribution is -2.62. The Kier molecular flexibility index (Phi) is 4.76. The third-order valence-electron chi connectivity index (χ3n) is 10.1. The zero-order valence-electron chi connectivity index (χ0n) is 26.1. The van der Waals surface area contributed by atoms with Crippen molar-refractivity contribution in [1.82, 2.24) is 4.98 Å². The molecule has 1 aromatic heterocycles. The summed E-state index contributed by atoms with van der Waals surface area (Å²) in [7, 11) is -1.18. The Morgan fingerprint density at radius 1 is 0.532 bits per heavy atom. The topological polar surface area (TPSA) is 37.8 Å². The molecular formula is C40H28BN3O2S. The van der Waals surface area contributed by atoms with Crippen molar-refractivity contribution in [3.8, 4) is 23.0 Å². The van der Waals surface area contributed by atoms with Gasteiger partial charge in [0.1, 0.15) is 0 Å². The monoisotopic (exact) mass is 625 g/mol. The first kappa shape index (κ1) is 25.8. The van der Waals surface area contributed by atoms with Crippen molar-refractivity contribution < 1.29 is 9.47 Å². The number of anilines is 6. The van der Waals surface area contributed by atoms with Crippen molar-refractivity contribution in [2.24, 2.45) is 0 Å². The van der Waals surface area contributed by atoms with Crippen LogP contribution in [0.3, 0.4) is 0 Å². The molecule has 0 atom stereocenters. The number of aromatic nitrogens is 1. The fourth-order valence-corrected chi connectivity index (χ4v) is 9.49. The molecule has 0 N–H and O–H groups in total. The second-order valence-corrected chi connectivity index (χ2v) is 17.5. The van der Waals surface area contributed by atoms with Gasteiger partial charge in [0.05, 0.1) is 39.0 Å². The number of nitrogens with zero attached hydrogens (tertiary/aromatic N) is 3. The molecule has 5 nitrogen and oxygen atoms in total. The number of hydrogen-bond acceptors (Lipinski definition) is 5. The van der Waals surface area contributed by atoms with E-state index in [-0.39, 0.29) is 6.71 Å². The van der Waals surface area contributed by atoms with Crippen molar-refractivity contribution in [1.29, 1.82) is 0 Å². The fraction of sp³-hybridized carbons (Fsp3) is 0.0750. The summed E-state index contributed by atoms with van der Waals surface area (Å²) in [5, 5.41) is 4.79. The van der Waals surface area contributed by atoms with Crippen molar-refractivity contribution in [2.75, 3.05) is 28.6 Å². The first-order valence-corrected chi connectivity index (χ1v) is 18.8. The predicted octanol–water partition coefficient (Wildman–Crippen LogP) is 8.73. The van der Waals surface area contributed by atoms with Gasteiger partial charge in [0.2, 0.25) is 0 Å². The lowest BCUT2D eigenvalue weighted by molar-refractivity contribution is 0.477. The van der Waals surface area contributed by atoms with E-state index in [9.17, 15) is 0 Å². The molecule has 4 aliphatic rings. The molecule has 47 heavy (non-hydrogen) atoms. The third kappa shape index (κ3) is 3.20. The highest BCUT2D eigenvalue weighted by molar-refractivity contribution is 8.32. The number of rotatable bonds is 1. The third-order valence-corrected chi connectivity index (χ3v) is 11.5. The Balaban J connectivity index is 1.39. The van der Waals surface area contributed by atoms with Crippen LogP contribution in [0.2, 0.25) is 0 Å². The summed E-state index contributed by atoms with van der Waals surface area (Å²) in [5.74, 6) is 3.44. The molecular weight excluding hydrogens is 597 g/mol. The molecule has 0 unspecified atom stereocenters. The molecule has 0 bridgehead atoms. The van der Waals surface area contributed by atoms with E-state index in [0.717, 1.165) is 68.0 Å². The number of fused-ring (bicyclic) bond motifs is 12. The first-order chi connectivity index (χ1) is 23.0. The van der Waals surface area contributed by atoms with Crippen LogP contribution in [0, 0.1) is 0 Å². The van der Waals surface area contributed by atoms with Crippen molar-refractivity contribution in [2.45, 2.75) is 5.03 Å². The SMILES string of the molecule is CS(C)(C)c1nc2c3c4c(cc2c2ccccc12)N1c2ccccc2Oc2cccc(c21)B4c1cccc2c1N3c1ccccc1O2. The lowest BCUT2D eigenvalue weighted by atomic mass is 9.33. The van der Waals surface area contributed by atoms with Gasteiger partial charge in [-0.15, -0.1) is 0 Å². The Morgan fingerprint density at radius 3 is 1.74 bits per heavy atom. The van der Waals surface area contributed by atoms with Gasteiger partial charge in [-0.2, -0.15) is 0 Å². The van der Waals surface area contributed by atoms with E-state index in [0.29, 0.717) is 0 Å². The van der Waals surface area contributed by atoms with E-state index >= 15 is 0 Å². The van der Waals surface area contributed by atoms with Gasteiger partial charge in [0.15, 0.2) is 23.0 Å². The highest BCUT2D eigenvalue weighted by atomic mass is 32.3. The van der Waals surface area contributed by atoms with Gasteiger partial charge in [0, 0.05) is 16.5 Å². The maximum absolute atomic E-state index is 6.66. The summed E-state index contributed by atoms with van der Waals surface area (Å²) < 4.78 is 13.3. The molecule has 5 heterocycles. The second kappa shape index (κ2) is 8.69. The van der Waals surface area contributed by atoms with E-state index in [1.807, 2.05) is 12.1 Å². The van der Waals surface area contributed by atoms with Crippen LogP contribution < -0.4 is 35.7 Å². The van der Waals surface area contributed by atoms with Gasteiger partial charge in [0.25, 0.3) is 6.71 Å². The summed E-state index contributed by atoms with van der Waals surface area (Å²) in [6.07, 6.45) is 7.04. The van der Waals surface area contributed by atoms with E-state index < -0.39 is 10.0 Å². The van der Waals surface area contributed by atoms with E-state index in [1.165, 1.54) is 32.2 Å². The average molecular weight is 626 g/mol. The number of ether oxygens (including phenoxy) is 2. The molecule has 7 aromatic rings. The molecule has 0 fully saturated rings. The Morgan fingerprint density at radius 2 is 1.09 bits per heavy atom. The summed E-state index contributed by atoms with van der Waals surface area (Å²) in [5.41, 5.74) is 11.3. The predicted molar refractivity (Wildman–Crippen MR) is 197 cm³/mol. The molecule has 224 valence electrons. The van der Waals surface area contributed by atoms with Gasteiger partial charge in [-0.25, -0.2) is 15.0 Å². The van der Waals surface area contributed by atoms with Gasteiger partial charge in [-0.3, -0.25) is 0 Å².